The summed E-state index contributed by atoms with van der Waals surface area (Å²) >= 11 is 0. The molecule has 1 unspecified atom stereocenters. The zero-order valence-electron chi connectivity index (χ0n) is 19.9. The first-order chi connectivity index (χ1) is 16.0. The van der Waals surface area contributed by atoms with Crippen LogP contribution in [0.15, 0.2) is 42.6 Å². The molecule has 0 saturated carbocycles. The van der Waals surface area contributed by atoms with Crippen molar-refractivity contribution in [3.8, 4) is 16.9 Å². The maximum absolute atomic E-state index is 12.5. The molecule has 7 nitrogen and oxygen atoms in total. The number of carboxylic acid groups (broad SMARTS) is 1. The number of phenols is 1. The number of fused-ring (bicyclic) bond motifs is 2. The standard InChI is InChI=1S/C27H28N2O5/c1-14-10-11-28-24-18(8-9-20(31)21(14)24)23-17-7-6-16(13-30)29-19(17)12-15(2)22(23)25(26(32)33)34-27(3,4)5/h6-12,25,30-31H,13H2,1-5H3,(H,32,33). The number of aromatic nitrogens is 2. The monoisotopic (exact) mass is 460 g/mol. The van der Waals surface area contributed by atoms with Crippen molar-refractivity contribution in [3.63, 3.8) is 0 Å². The topological polar surface area (TPSA) is 113 Å². The number of rotatable bonds is 5. The second kappa shape index (κ2) is 8.66. The molecule has 7 heteroatoms. The maximum Gasteiger partial charge on any atom is 0.337 e. The molecule has 176 valence electrons. The molecular weight excluding hydrogens is 432 g/mol. The highest BCUT2D eigenvalue weighted by molar-refractivity contribution is 6.07. The minimum Gasteiger partial charge on any atom is -0.507 e. The highest BCUT2D eigenvalue weighted by Crippen LogP contribution is 2.43. The maximum atomic E-state index is 12.5. The fourth-order valence-corrected chi connectivity index (χ4v) is 4.38. The number of carboxylic acids is 1. The van der Waals surface area contributed by atoms with Crippen LogP contribution in [0.25, 0.3) is 32.9 Å². The van der Waals surface area contributed by atoms with Crippen LogP contribution in [-0.2, 0) is 16.1 Å². The normalized spacial score (nSPS) is 12.9. The zero-order valence-corrected chi connectivity index (χ0v) is 19.9. The summed E-state index contributed by atoms with van der Waals surface area (Å²) in [5, 5.41) is 31.7. The molecule has 2 heterocycles. The first kappa shape index (κ1) is 23.6. The number of aliphatic hydroxyl groups excluding tert-OH is 1. The Hall–Kier alpha value is -3.55. The zero-order chi connectivity index (χ0) is 24.8. The molecule has 0 spiro atoms. The predicted molar refractivity (Wildman–Crippen MR) is 131 cm³/mol. The molecule has 2 aromatic carbocycles. The lowest BCUT2D eigenvalue weighted by Crippen LogP contribution is -2.28. The number of benzene rings is 2. The average molecular weight is 461 g/mol. The van der Waals surface area contributed by atoms with Gasteiger partial charge in [0.2, 0.25) is 0 Å². The van der Waals surface area contributed by atoms with Gasteiger partial charge in [-0.2, -0.15) is 0 Å². The molecule has 0 radical (unpaired) electrons. The summed E-state index contributed by atoms with van der Waals surface area (Å²) in [5.41, 5.74) is 4.32. The van der Waals surface area contributed by atoms with Gasteiger partial charge in [0.05, 0.1) is 28.9 Å². The smallest absolute Gasteiger partial charge is 0.337 e. The van der Waals surface area contributed by atoms with E-state index < -0.39 is 17.7 Å². The molecule has 0 amide bonds. The lowest BCUT2D eigenvalue weighted by molar-refractivity contribution is -0.160. The molecule has 34 heavy (non-hydrogen) atoms. The largest absolute Gasteiger partial charge is 0.507 e. The van der Waals surface area contributed by atoms with Crippen LogP contribution in [0.1, 0.15) is 49.3 Å². The third kappa shape index (κ3) is 4.20. The molecule has 0 aliphatic heterocycles. The van der Waals surface area contributed by atoms with Crippen LogP contribution < -0.4 is 0 Å². The number of aromatic hydroxyl groups is 1. The molecule has 1 atom stereocenters. The van der Waals surface area contributed by atoms with E-state index in [4.69, 9.17) is 4.74 Å². The average Bonchev–Trinajstić information content (AvgIpc) is 2.76. The molecule has 0 bridgehead atoms. The molecule has 4 rings (SSSR count). The summed E-state index contributed by atoms with van der Waals surface area (Å²) in [6.45, 7) is 8.95. The molecule has 0 saturated heterocycles. The van der Waals surface area contributed by atoms with Crippen molar-refractivity contribution in [2.24, 2.45) is 0 Å². The van der Waals surface area contributed by atoms with Crippen LogP contribution in [0.2, 0.25) is 0 Å². The summed E-state index contributed by atoms with van der Waals surface area (Å²) in [5.74, 6) is -1.00. The third-order valence-corrected chi connectivity index (χ3v) is 5.77. The van der Waals surface area contributed by atoms with Crippen LogP contribution in [-0.4, -0.2) is 36.9 Å². The van der Waals surface area contributed by atoms with Crippen molar-refractivity contribution in [2.45, 2.75) is 52.9 Å². The van der Waals surface area contributed by atoms with E-state index in [2.05, 4.69) is 9.97 Å². The number of carbonyl (C=O) groups is 1. The van der Waals surface area contributed by atoms with Crippen molar-refractivity contribution in [1.82, 2.24) is 9.97 Å². The lowest BCUT2D eigenvalue weighted by Gasteiger charge is -2.28. The summed E-state index contributed by atoms with van der Waals surface area (Å²) < 4.78 is 6.05. The van der Waals surface area contributed by atoms with Gasteiger partial charge in [-0.05, 0) is 81.6 Å². The van der Waals surface area contributed by atoms with Gasteiger partial charge in [0.25, 0.3) is 0 Å². The predicted octanol–water partition coefficient (Wildman–Crippen LogP) is 5.21. The van der Waals surface area contributed by atoms with Crippen LogP contribution >= 0.6 is 0 Å². The Labute approximate surface area is 197 Å². The number of hydrogen-bond acceptors (Lipinski definition) is 6. The van der Waals surface area contributed by atoms with E-state index in [-0.39, 0.29) is 12.4 Å². The Morgan fingerprint density at radius 3 is 2.47 bits per heavy atom. The van der Waals surface area contributed by atoms with E-state index in [1.807, 2.05) is 52.8 Å². The molecule has 0 fully saturated rings. The van der Waals surface area contributed by atoms with E-state index in [1.54, 1.807) is 24.4 Å². The Morgan fingerprint density at radius 2 is 1.82 bits per heavy atom. The summed E-state index contributed by atoms with van der Waals surface area (Å²) in [6, 6.07) is 10.5. The van der Waals surface area contributed by atoms with Gasteiger partial charge in [-0.15, -0.1) is 0 Å². The van der Waals surface area contributed by atoms with Crippen molar-refractivity contribution in [1.29, 1.82) is 0 Å². The number of ether oxygens (including phenoxy) is 1. The highest BCUT2D eigenvalue weighted by Gasteiger charge is 2.32. The van der Waals surface area contributed by atoms with Crippen LogP contribution in [0, 0.1) is 13.8 Å². The van der Waals surface area contributed by atoms with Gasteiger partial charge in [0.1, 0.15) is 5.75 Å². The number of aliphatic carboxylic acids is 1. The van der Waals surface area contributed by atoms with E-state index in [0.717, 1.165) is 5.56 Å². The Kier molecular flexibility index (Phi) is 6.02. The SMILES string of the molecule is Cc1cc2nc(CO)ccc2c(-c2ccc(O)c3c(C)ccnc23)c1C(OC(C)(C)C)C(=O)O. The number of aryl methyl sites for hydroxylation is 2. The first-order valence-corrected chi connectivity index (χ1v) is 11.0. The van der Waals surface area contributed by atoms with Crippen molar-refractivity contribution < 1.29 is 24.9 Å². The van der Waals surface area contributed by atoms with Gasteiger partial charge < -0.3 is 20.1 Å². The number of aliphatic hydroxyl groups is 1. The Bertz CT molecular complexity index is 1410. The lowest BCUT2D eigenvalue weighted by atomic mass is 9.87. The number of pyridine rings is 2. The summed E-state index contributed by atoms with van der Waals surface area (Å²) in [6.07, 6.45) is 0.423. The molecule has 0 aliphatic rings. The minimum absolute atomic E-state index is 0.101. The Balaban J connectivity index is 2.18. The number of hydrogen-bond donors (Lipinski definition) is 3. The second-order valence-corrected chi connectivity index (χ2v) is 9.44. The van der Waals surface area contributed by atoms with Gasteiger partial charge >= 0.3 is 5.97 Å². The number of nitrogens with zero attached hydrogens (tertiary/aromatic N) is 2. The quantitative estimate of drug-likeness (QED) is 0.375. The molecule has 3 N–H and O–H groups in total. The van der Waals surface area contributed by atoms with Gasteiger partial charge in [0, 0.05) is 28.1 Å². The van der Waals surface area contributed by atoms with Crippen LogP contribution in [0.3, 0.4) is 0 Å². The van der Waals surface area contributed by atoms with Gasteiger partial charge in [-0.3, -0.25) is 9.97 Å². The summed E-state index contributed by atoms with van der Waals surface area (Å²) in [7, 11) is 0. The fourth-order valence-electron chi connectivity index (χ4n) is 4.38. The van der Waals surface area contributed by atoms with Crippen molar-refractivity contribution in [2.75, 3.05) is 0 Å². The van der Waals surface area contributed by atoms with Crippen LogP contribution in [0.4, 0.5) is 0 Å². The number of phenolic OH excluding ortho intramolecular Hbond substituents is 1. The van der Waals surface area contributed by atoms with E-state index in [9.17, 15) is 20.1 Å². The molecule has 4 aromatic rings. The van der Waals surface area contributed by atoms with Crippen molar-refractivity contribution >= 4 is 27.8 Å². The highest BCUT2D eigenvalue weighted by atomic mass is 16.5. The van der Waals surface area contributed by atoms with Gasteiger partial charge in [-0.25, -0.2) is 4.79 Å². The van der Waals surface area contributed by atoms with E-state index in [0.29, 0.717) is 49.8 Å². The molecule has 0 aliphatic carbocycles. The third-order valence-electron chi connectivity index (χ3n) is 5.77. The van der Waals surface area contributed by atoms with Crippen molar-refractivity contribution in [3.05, 3.63) is 65.0 Å². The van der Waals surface area contributed by atoms with Crippen LogP contribution in [0.5, 0.6) is 5.75 Å². The fraction of sp³-hybridized carbons (Fsp3) is 0.296. The Morgan fingerprint density at radius 1 is 1.09 bits per heavy atom. The molecular formula is C27H28N2O5. The first-order valence-electron chi connectivity index (χ1n) is 11.0. The minimum atomic E-state index is -1.24. The molecule has 2 aromatic heterocycles. The van der Waals surface area contributed by atoms with Gasteiger partial charge in [-0.1, -0.05) is 6.07 Å². The summed E-state index contributed by atoms with van der Waals surface area (Å²) in [4.78, 5) is 21.6. The van der Waals surface area contributed by atoms with Gasteiger partial charge in [0.15, 0.2) is 6.10 Å². The van der Waals surface area contributed by atoms with E-state index >= 15 is 0 Å². The van der Waals surface area contributed by atoms with E-state index in [1.165, 1.54) is 0 Å². The second-order valence-electron chi connectivity index (χ2n) is 9.44.